The molecule has 0 saturated carbocycles. The average Bonchev–Trinajstić information content (AvgIpc) is 2.27. The van der Waals surface area contributed by atoms with E-state index in [1.165, 1.54) is 12.1 Å². The Morgan fingerprint density at radius 1 is 1.06 bits per heavy atom. The molecular formula is C13H10ClFO. The second kappa shape index (κ2) is 4.99. The standard InChI is InChI=1S/C13H10ClFO/c14-11-6-10(7-12(15)8-11)9-16-13-4-2-1-3-5-13/h1-8H,9H2. The van der Waals surface area contributed by atoms with Gasteiger partial charge in [0.2, 0.25) is 0 Å². The molecular weight excluding hydrogens is 227 g/mol. The van der Waals surface area contributed by atoms with E-state index in [1.54, 1.807) is 6.07 Å². The van der Waals surface area contributed by atoms with Crippen molar-refractivity contribution in [2.75, 3.05) is 0 Å². The van der Waals surface area contributed by atoms with Crippen LogP contribution in [0.25, 0.3) is 0 Å². The number of rotatable bonds is 3. The maximum Gasteiger partial charge on any atom is 0.125 e. The minimum atomic E-state index is -0.348. The number of benzene rings is 2. The summed E-state index contributed by atoms with van der Waals surface area (Å²) in [6, 6.07) is 13.7. The molecule has 0 N–H and O–H groups in total. The van der Waals surface area contributed by atoms with Crippen LogP contribution in [0, 0.1) is 5.82 Å². The fourth-order valence-corrected chi connectivity index (χ4v) is 1.62. The van der Waals surface area contributed by atoms with Gasteiger partial charge in [-0.05, 0) is 35.9 Å². The van der Waals surface area contributed by atoms with Crippen LogP contribution in [-0.2, 0) is 6.61 Å². The molecule has 0 atom stereocenters. The van der Waals surface area contributed by atoms with Gasteiger partial charge in [0.05, 0.1) is 0 Å². The van der Waals surface area contributed by atoms with E-state index in [0.29, 0.717) is 17.2 Å². The van der Waals surface area contributed by atoms with Gasteiger partial charge in [0, 0.05) is 5.02 Å². The van der Waals surface area contributed by atoms with Gasteiger partial charge in [0.1, 0.15) is 18.2 Å². The number of ether oxygens (including phenoxy) is 1. The molecule has 0 heterocycles. The van der Waals surface area contributed by atoms with Crippen LogP contribution < -0.4 is 4.74 Å². The third-order valence-electron chi connectivity index (χ3n) is 2.07. The first kappa shape index (κ1) is 11.0. The summed E-state index contributed by atoms with van der Waals surface area (Å²) in [6.45, 7) is 0.307. The summed E-state index contributed by atoms with van der Waals surface area (Å²) in [4.78, 5) is 0. The molecule has 0 aliphatic heterocycles. The van der Waals surface area contributed by atoms with Crippen LogP contribution in [0.2, 0.25) is 5.02 Å². The zero-order chi connectivity index (χ0) is 11.4. The highest BCUT2D eigenvalue weighted by Gasteiger charge is 2.00. The molecule has 0 aliphatic carbocycles. The maximum absolute atomic E-state index is 13.0. The number of hydrogen-bond donors (Lipinski definition) is 0. The first-order valence-electron chi connectivity index (χ1n) is 4.87. The molecule has 0 aliphatic rings. The Hall–Kier alpha value is -1.54. The van der Waals surface area contributed by atoms with Gasteiger partial charge in [-0.2, -0.15) is 0 Å². The van der Waals surface area contributed by atoms with E-state index in [0.717, 1.165) is 5.75 Å². The third kappa shape index (κ3) is 2.97. The summed E-state index contributed by atoms with van der Waals surface area (Å²) in [5.41, 5.74) is 0.717. The fraction of sp³-hybridized carbons (Fsp3) is 0.0769. The summed E-state index contributed by atoms with van der Waals surface area (Å²) in [5, 5.41) is 0.381. The van der Waals surface area contributed by atoms with Gasteiger partial charge in [0.15, 0.2) is 0 Å². The van der Waals surface area contributed by atoms with Crippen LogP contribution in [0.3, 0.4) is 0 Å². The van der Waals surface area contributed by atoms with Crippen LogP contribution in [0.4, 0.5) is 4.39 Å². The molecule has 0 radical (unpaired) electrons. The molecule has 0 spiro atoms. The van der Waals surface area contributed by atoms with Gasteiger partial charge in [-0.25, -0.2) is 4.39 Å². The van der Waals surface area contributed by atoms with Crippen molar-refractivity contribution in [2.24, 2.45) is 0 Å². The largest absolute Gasteiger partial charge is 0.489 e. The molecule has 0 amide bonds. The lowest BCUT2D eigenvalue weighted by Crippen LogP contribution is -1.95. The first-order valence-corrected chi connectivity index (χ1v) is 5.25. The van der Waals surface area contributed by atoms with E-state index >= 15 is 0 Å². The lowest BCUT2D eigenvalue weighted by molar-refractivity contribution is 0.305. The Labute approximate surface area is 98.4 Å². The van der Waals surface area contributed by atoms with E-state index in [2.05, 4.69) is 0 Å². The Morgan fingerprint density at radius 3 is 2.50 bits per heavy atom. The second-order valence-electron chi connectivity index (χ2n) is 3.38. The molecule has 0 saturated heterocycles. The maximum atomic E-state index is 13.0. The van der Waals surface area contributed by atoms with Crippen molar-refractivity contribution in [3.63, 3.8) is 0 Å². The van der Waals surface area contributed by atoms with E-state index < -0.39 is 0 Å². The average molecular weight is 237 g/mol. The van der Waals surface area contributed by atoms with Gasteiger partial charge < -0.3 is 4.74 Å². The van der Waals surface area contributed by atoms with E-state index in [4.69, 9.17) is 16.3 Å². The van der Waals surface area contributed by atoms with E-state index in [-0.39, 0.29) is 5.82 Å². The van der Waals surface area contributed by atoms with Gasteiger partial charge >= 0.3 is 0 Å². The Morgan fingerprint density at radius 2 is 1.81 bits per heavy atom. The monoisotopic (exact) mass is 236 g/mol. The summed E-state index contributed by atoms with van der Waals surface area (Å²) < 4.78 is 18.5. The normalized spacial score (nSPS) is 10.1. The SMILES string of the molecule is Fc1cc(Cl)cc(COc2ccccc2)c1. The van der Waals surface area contributed by atoms with Crippen molar-refractivity contribution in [1.29, 1.82) is 0 Å². The van der Waals surface area contributed by atoms with Crippen LogP contribution in [0.1, 0.15) is 5.56 Å². The molecule has 1 nitrogen and oxygen atoms in total. The van der Waals surface area contributed by atoms with Crippen molar-refractivity contribution in [3.8, 4) is 5.75 Å². The van der Waals surface area contributed by atoms with Gasteiger partial charge in [-0.3, -0.25) is 0 Å². The van der Waals surface area contributed by atoms with Crippen LogP contribution in [-0.4, -0.2) is 0 Å². The highest BCUT2D eigenvalue weighted by atomic mass is 35.5. The smallest absolute Gasteiger partial charge is 0.125 e. The molecule has 16 heavy (non-hydrogen) atoms. The van der Waals surface area contributed by atoms with Crippen LogP contribution >= 0.6 is 11.6 Å². The number of halogens is 2. The van der Waals surface area contributed by atoms with Crippen LogP contribution in [0.15, 0.2) is 48.5 Å². The van der Waals surface area contributed by atoms with E-state index in [1.807, 2.05) is 30.3 Å². The Bertz CT molecular complexity index is 450. The van der Waals surface area contributed by atoms with Crippen molar-refractivity contribution in [2.45, 2.75) is 6.61 Å². The quantitative estimate of drug-likeness (QED) is 0.781. The predicted octanol–water partition coefficient (Wildman–Crippen LogP) is 4.06. The Balaban J connectivity index is 2.05. The number of hydrogen-bond acceptors (Lipinski definition) is 1. The lowest BCUT2D eigenvalue weighted by atomic mass is 10.2. The van der Waals surface area contributed by atoms with Gasteiger partial charge in [-0.15, -0.1) is 0 Å². The van der Waals surface area contributed by atoms with Gasteiger partial charge in [0.25, 0.3) is 0 Å². The summed E-state index contributed by atoms with van der Waals surface area (Å²) in [5.74, 6) is 0.405. The highest BCUT2D eigenvalue weighted by molar-refractivity contribution is 6.30. The zero-order valence-corrected chi connectivity index (χ0v) is 9.25. The molecule has 82 valence electrons. The number of para-hydroxylation sites is 1. The van der Waals surface area contributed by atoms with Crippen molar-refractivity contribution < 1.29 is 9.13 Å². The van der Waals surface area contributed by atoms with Crippen LogP contribution in [0.5, 0.6) is 5.75 Å². The molecule has 2 aromatic carbocycles. The Kier molecular flexibility index (Phi) is 3.42. The topological polar surface area (TPSA) is 9.23 Å². The molecule has 3 heteroatoms. The molecule has 0 bridgehead atoms. The highest BCUT2D eigenvalue weighted by Crippen LogP contribution is 2.16. The van der Waals surface area contributed by atoms with Gasteiger partial charge in [-0.1, -0.05) is 29.8 Å². The molecule has 0 aromatic heterocycles. The lowest BCUT2D eigenvalue weighted by Gasteiger charge is -2.06. The fourth-order valence-electron chi connectivity index (χ4n) is 1.38. The molecule has 2 aromatic rings. The first-order chi connectivity index (χ1) is 7.74. The zero-order valence-electron chi connectivity index (χ0n) is 8.49. The molecule has 0 unspecified atom stereocenters. The van der Waals surface area contributed by atoms with Crippen molar-refractivity contribution >= 4 is 11.6 Å². The summed E-state index contributed by atoms with van der Waals surface area (Å²) >= 11 is 5.74. The molecule has 0 fully saturated rings. The third-order valence-corrected chi connectivity index (χ3v) is 2.29. The summed E-state index contributed by atoms with van der Waals surface area (Å²) in [6.07, 6.45) is 0. The minimum absolute atomic E-state index is 0.307. The molecule has 2 rings (SSSR count). The van der Waals surface area contributed by atoms with Crippen molar-refractivity contribution in [3.05, 3.63) is 64.9 Å². The second-order valence-corrected chi connectivity index (χ2v) is 3.82. The van der Waals surface area contributed by atoms with E-state index in [9.17, 15) is 4.39 Å². The van der Waals surface area contributed by atoms with Crippen molar-refractivity contribution in [1.82, 2.24) is 0 Å². The predicted molar refractivity (Wildman–Crippen MR) is 62.2 cm³/mol. The summed E-state index contributed by atoms with van der Waals surface area (Å²) in [7, 11) is 0. The minimum Gasteiger partial charge on any atom is -0.489 e.